The lowest BCUT2D eigenvalue weighted by molar-refractivity contribution is -0.697. The zero-order valence-electron chi connectivity index (χ0n) is 16.9. The number of rotatable bonds is 11. The SMILES string of the molecule is O=P(O)(O)CCCCCCCC[n+]1ccc(-c2ccc(-c3nccs3)cc2)cc1.[Br-]. The van der Waals surface area contributed by atoms with E-state index in [-0.39, 0.29) is 23.1 Å². The standard InChI is InChI=1S/C22H27N2O3PS.BrH/c25-28(26,27)17-6-4-2-1-3-5-14-24-15-11-20(12-16-24)19-7-9-21(10-8-19)22-23-13-18-29-22;/h7-13,15-16,18H,1-6,14,17H2,(H-,25,26,27);1H. The molecule has 0 bridgehead atoms. The van der Waals surface area contributed by atoms with E-state index >= 15 is 0 Å². The molecular weight excluding hydrogens is 483 g/mol. The van der Waals surface area contributed by atoms with Crippen LogP contribution in [0.2, 0.25) is 0 Å². The number of hydrogen-bond acceptors (Lipinski definition) is 3. The first-order valence-corrected chi connectivity index (χ1v) is 12.7. The van der Waals surface area contributed by atoms with E-state index in [1.807, 2.05) is 11.6 Å². The summed E-state index contributed by atoms with van der Waals surface area (Å²) in [6.45, 7) is 0.992. The van der Waals surface area contributed by atoms with Gasteiger partial charge in [-0.15, -0.1) is 11.3 Å². The van der Waals surface area contributed by atoms with Crippen molar-refractivity contribution in [1.29, 1.82) is 0 Å². The first-order valence-electron chi connectivity index (χ1n) is 10.1. The second-order valence-corrected chi connectivity index (χ2v) is 9.92. The average molecular weight is 511 g/mol. The third kappa shape index (κ3) is 8.40. The molecule has 0 unspecified atom stereocenters. The molecule has 0 aliphatic carbocycles. The summed E-state index contributed by atoms with van der Waals surface area (Å²) < 4.78 is 13.0. The minimum absolute atomic E-state index is 0. The van der Waals surface area contributed by atoms with E-state index in [2.05, 4.69) is 58.3 Å². The molecule has 1 aromatic carbocycles. The van der Waals surface area contributed by atoms with E-state index < -0.39 is 7.60 Å². The van der Waals surface area contributed by atoms with Crippen LogP contribution in [0.5, 0.6) is 0 Å². The van der Waals surface area contributed by atoms with Gasteiger partial charge in [0.1, 0.15) is 11.6 Å². The van der Waals surface area contributed by atoms with Crippen molar-refractivity contribution in [2.75, 3.05) is 6.16 Å². The number of unbranched alkanes of at least 4 members (excludes halogenated alkanes) is 5. The Morgan fingerprint density at radius 3 is 2.00 bits per heavy atom. The molecular formula is C22H28BrN2O3PS. The lowest BCUT2D eigenvalue weighted by atomic mass is 10.1. The smallest absolute Gasteiger partial charge is 0.325 e. The fourth-order valence-corrected chi connectivity index (χ4v) is 4.57. The summed E-state index contributed by atoms with van der Waals surface area (Å²) in [5, 5.41) is 3.04. The number of benzene rings is 1. The van der Waals surface area contributed by atoms with Crippen LogP contribution in [-0.4, -0.2) is 20.9 Å². The summed E-state index contributed by atoms with van der Waals surface area (Å²) in [6, 6.07) is 12.8. The summed E-state index contributed by atoms with van der Waals surface area (Å²) in [5.74, 6) is 0. The summed E-state index contributed by atoms with van der Waals surface area (Å²) in [6.07, 6.45) is 12.0. The lowest BCUT2D eigenvalue weighted by Gasteiger charge is -2.04. The van der Waals surface area contributed by atoms with E-state index in [0.717, 1.165) is 49.2 Å². The summed E-state index contributed by atoms with van der Waals surface area (Å²) in [5.41, 5.74) is 3.56. The maximum atomic E-state index is 10.8. The predicted molar refractivity (Wildman–Crippen MR) is 118 cm³/mol. The van der Waals surface area contributed by atoms with Crippen molar-refractivity contribution < 1.29 is 35.9 Å². The van der Waals surface area contributed by atoms with Crippen LogP contribution in [0, 0.1) is 0 Å². The van der Waals surface area contributed by atoms with E-state index in [9.17, 15) is 4.57 Å². The molecule has 0 amide bonds. The maximum absolute atomic E-state index is 10.8. The van der Waals surface area contributed by atoms with Gasteiger partial charge in [0.15, 0.2) is 12.4 Å². The Bertz CT molecular complexity index is 913. The van der Waals surface area contributed by atoms with Crippen LogP contribution in [0.25, 0.3) is 21.7 Å². The van der Waals surface area contributed by atoms with Gasteiger partial charge >= 0.3 is 7.60 Å². The van der Waals surface area contributed by atoms with Gasteiger partial charge in [-0.3, -0.25) is 4.57 Å². The molecule has 0 fully saturated rings. The fourth-order valence-electron chi connectivity index (χ4n) is 3.29. The van der Waals surface area contributed by atoms with Crippen LogP contribution in [0.15, 0.2) is 60.4 Å². The van der Waals surface area contributed by atoms with Crippen LogP contribution in [0.4, 0.5) is 0 Å². The molecule has 3 aromatic rings. The maximum Gasteiger partial charge on any atom is 0.325 e. The topological polar surface area (TPSA) is 74.3 Å². The number of aromatic nitrogens is 2. The Hall–Kier alpha value is -1.37. The molecule has 0 saturated carbocycles. The van der Waals surface area contributed by atoms with Gasteiger partial charge in [0.2, 0.25) is 0 Å². The quantitative estimate of drug-likeness (QED) is 0.236. The Morgan fingerprint density at radius 2 is 1.40 bits per heavy atom. The van der Waals surface area contributed by atoms with Crippen molar-refractivity contribution in [1.82, 2.24) is 4.98 Å². The van der Waals surface area contributed by atoms with Gasteiger partial charge < -0.3 is 26.8 Å². The third-order valence-electron chi connectivity index (χ3n) is 4.90. The Balaban J connectivity index is 0.00000320. The lowest BCUT2D eigenvalue weighted by Crippen LogP contribution is -3.00. The summed E-state index contributed by atoms with van der Waals surface area (Å²) in [7, 11) is -3.81. The van der Waals surface area contributed by atoms with Gasteiger partial charge in [0.25, 0.3) is 0 Å². The summed E-state index contributed by atoms with van der Waals surface area (Å²) >= 11 is 1.65. The number of thiazole rings is 1. The number of aryl methyl sites for hydroxylation is 1. The first kappa shape index (κ1) is 24.9. The molecule has 3 rings (SSSR count). The van der Waals surface area contributed by atoms with E-state index in [1.54, 1.807) is 11.3 Å². The zero-order chi connectivity index (χ0) is 20.5. The summed E-state index contributed by atoms with van der Waals surface area (Å²) in [4.78, 5) is 22.0. The minimum atomic E-state index is -3.81. The number of nitrogens with zero attached hydrogens (tertiary/aromatic N) is 2. The Labute approximate surface area is 192 Å². The van der Waals surface area contributed by atoms with Gasteiger partial charge in [0.05, 0.1) is 0 Å². The third-order valence-corrected chi connectivity index (χ3v) is 6.63. The van der Waals surface area contributed by atoms with Gasteiger partial charge in [0, 0.05) is 41.9 Å². The van der Waals surface area contributed by atoms with Crippen molar-refractivity contribution in [3.63, 3.8) is 0 Å². The molecule has 0 saturated heterocycles. The van der Waals surface area contributed by atoms with Crippen molar-refractivity contribution in [3.05, 3.63) is 60.4 Å². The molecule has 2 N–H and O–H groups in total. The molecule has 2 heterocycles. The predicted octanol–water partition coefficient (Wildman–Crippen LogP) is 2.29. The zero-order valence-corrected chi connectivity index (χ0v) is 20.2. The van der Waals surface area contributed by atoms with E-state index in [1.165, 1.54) is 11.1 Å². The first-order chi connectivity index (χ1) is 14.0. The molecule has 0 aliphatic rings. The van der Waals surface area contributed by atoms with Crippen LogP contribution >= 0.6 is 18.9 Å². The number of halogens is 1. The second-order valence-electron chi connectivity index (χ2n) is 7.25. The molecule has 0 spiro atoms. The molecule has 0 aliphatic heterocycles. The molecule has 2 aromatic heterocycles. The minimum Gasteiger partial charge on any atom is -1.00 e. The highest BCUT2D eigenvalue weighted by Crippen LogP contribution is 2.35. The van der Waals surface area contributed by atoms with Gasteiger partial charge in [-0.1, -0.05) is 43.5 Å². The van der Waals surface area contributed by atoms with Crippen LogP contribution in [0.3, 0.4) is 0 Å². The molecule has 162 valence electrons. The van der Waals surface area contributed by atoms with Gasteiger partial charge in [-0.25, -0.2) is 9.55 Å². The van der Waals surface area contributed by atoms with Crippen molar-refractivity contribution in [2.24, 2.45) is 0 Å². The molecule has 30 heavy (non-hydrogen) atoms. The van der Waals surface area contributed by atoms with Crippen molar-refractivity contribution >= 4 is 18.9 Å². The van der Waals surface area contributed by atoms with Crippen molar-refractivity contribution in [2.45, 2.75) is 45.1 Å². The van der Waals surface area contributed by atoms with E-state index in [4.69, 9.17) is 9.79 Å². The Morgan fingerprint density at radius 1 is 0.833 bits per heavy atom. The molecule has 5 nitrogen and oxygen atoms in total. The highest BCUT2D eigenvalue weighted by atomic mass is 79.9. The fraction of sp³-hybridized carbons (Fsp3) is 0.364. The molecule has 0 atom stereocenters. The van der Waals surface area contributed by atoms with E-state index in [0.29, 0.717) is 6.42 Å². The molecule has 0 radical (unpaired) electrons. The highest BCUT2D eigenvalue weighted by Gasteiger charge is 2.11. The average Bonchev–Trinajstić information content (AvgIpc) is 3.25. The Kier molecular flexibility index (Phi) is 10.4. The second kappa shape index (κ2) is 12.5. The normalized spacial score (nSPS) is 11.3. The van der Waals surface area contributed by atoms with Crippen molar-refractivity contribution in [3.8, 4) is 21.7 Å². The number of hydrogen-bond donors (Lipinski definition) is 2. The van der Waals surface area contributed by atoms with Crippen LogP contribution in [-0.2, 0) is 11.1 Å². The monoisotopic (exact) mass is 510 g/mol. The highest BCUT2D eigenvalue weighted by molar-refractivity contribution is 7.51. The van der Waals surface area contributed by atoms with Crippen LogP contribution in [0.1, 0.15) is 38.5 Å². The largest absolute Gasteiger partial charge is 1.00 e. The van der Waals surface area contributed by atoms with Gasteiger partial charge in [-0.05, 0) is 24.0 Å². The van der Waals surface area contributed by atoms with Crippen LogP contribution < -0.4 is 21.5 Å². The molecule has 8 heteroatoms. The van der Waals surface area contributed by atoms with Gasteiger partial charge in [-0.2, -0.15) is 0 Å². The number of pyridine rings is 1.